The van der Waals surface area contributed by atoms with Crippen molar-refractivity contribution in [2.75, 3.05) is 11.9 Å². The summed E-state index contributed by atoms with van der Waals surface area (Å²) in [4.78, 5) is 26.8. The lowest BCUT2D eigenvalue weighted by molar-refractivity contribution is 0.0736. The number of benzene rings is 1. The molecule has 3 amide bonds. The average Bonchev–Trinajstić information content (AvgIpc) is 3.09. The SMILES string of the molecule is O=C(Nc1cccc(C(=O)N2CCCC2c2ccsc2)c1)NC1CC1. The van der Waals surface area contributed by atoms with Crippen LogP contribution in [0.3, 0.4) is 0 Å². The van der Waals surface area contributed by atoms with Crippen molar-refractivity contribution in [2.24, 2.45) is 0 Å². The summed E-state index contributed by atoms with van der Waals surface area (Å²) >= 11 is 1.66. The van der Waals surface area contributed by atoms with Crippen LogP contribution in [0, 0.1) is 0 Å². The molecule has 1 aromatic carbocycles. The Hall–Kier alpha value is -2.34. The van der Waals surface area contributed by atoms with Crippen LogP contribution in [0.2, 0.25) is 0 Å². The third kappa shape index (κ3) is 3.69. The Kier molecular flexibility index (Phi) is 4.44. The van der Waals surface area contributed by atoms with Crippen LogP contribution in [0.25, 0.3) is 0 Å². The molecule has 1 aliphatic heterocycles. The molecule has 1 saturated heterocycles. The second-order valence-electron chi connectivity index (χ2n) is 6.67. The maximum atomic E-state index is 13.0. The van der Waals surface area contributed by atoms with Crippen LogP contribution in [-0.4, -0.2) is 29.4 Å². The Morgan fingerprint density at radius 3 is 2.80 bits per heavy atom. The number of urea groups is 1. The molecule has 4 rings (SSSR count). The fourth-order valence-corrected chi connectivity index (χ4v) is 4.00. The van der Waals surface area contributed by atoms with Gasteiger partial charge in [0.15, 0.2) is 0 Å². The Bertz CT molecular complexity index is 771. The predicted octanol–water partition coefficient (Wildman–Crippen LogP) is 4.01. The monoisotopic (exact) mass is 355 g/mol. The molecule has 5 nitrogen and oxygen atoms in total. The first-order valence-electron chi connectivity index (χ1n) is 8.71. The topological polar surface area (TPSA) is 61.4 Å². The summed E-state index contributed by atoms with van der Waals surface area (Å²) in [7, 11) is 0. The maximum Gasteiger partial charge on any atom is 0.319 e. The number of carbonyl (C=O) groups excluding carboxylic acids is 2. The first-order valence-corrected chi connectivity index (χ1v) is 9.65. The van der Waals surface area contributed by atoms with E-state index in [2.05, 4.69) is 27.5 Å². The molecule has 0 radical (unpaired) electrons. The van der Waals surface area contributed by atoms with Gasteiger partial charge in [-0.15, -0.1) is 0 Å². The molecule has 2 aromatic rings. The zero-order valence-electron chi connectivity index (χ0n) is 13.9. The van der Waals surface area contributed by atoms with Gasteiger partial charge in [0.25, 0.3) is 5.91 Å². The summed E-state index contributed by atoms with van der Waals surface area (Å²) in [6.07, 6.45) is 4.12. The second-order valence-corrected chi connectivity index (χ2v) is 7.45. The van der Waals surface area contributed by atoms with Crippen LogP contribution in [0.1, 0.15) is 47.6 Å². The van der Waals surface area contributed by atoms with Crippen LogP contribution < -0.4 is 10.6 Å². The third-order valence-corrected chi connectivity index (χ3v) is 5.42. The van der Waals surface area contributed by atoms with Crippen molar-refractivity contribution < 1.29 is 9.59 Å². The normalized spacial score (nSPS) is 19.7. The van der Waals surface area contributed by atoms with Gasteiger partial charge in [0.2, 0.25) is 0 Å². The number of thiophene rings is 1. The van der Waals surface area contributed by atoms with Crippen LogP contribution in [0.15, 0.2) is 41.1 Å². The third-order valence-electron chi connectivity index (χ3n) is 4.72. The van der Waals surface area contributed by atoms with Crippen molar-refractivity contribution in [1.29, 1.82) is 0 Å². The Labute approximate surface area is 151 Å². The molecule has 2 fully saturated rings. The zero-order chi connectivity index (χ0) is 17.2. The number of hydrogen-bond acceptors (Lipinski definition) is 3. The number of nitrogens with zero attached hydrogens (tertiary/aromatic N) is 1. The largest absolute Gasteiger partial charge is 0.335 e. The molecule has 1 aromatic heterocycles. The molecule has 2 N–H and O–H groups in total. The molecule has 0 spiro atoms. The number of carbonyl (C=O) groups is 2. The molecule has 2 aliphatic rings. The number of amides is 3. The first-order chi connectivity index (χ1) is 12.2. The van der Waals surface area contributed by atoms with Crippen LogP contribution in [0.4, 0.5) is 10.5 Å². The fraction of sp³-hybridized carbons (Fsp3) is 0.368. The summed E-state index contributed by atoms with van der Waals surface area (Å²) in [5.41, 5.74) is 2.48. The lowest BCUT2D eigenvalue weighted by Crippen LogP contribution is -2.31. The van der Waals surface area contributed by atoms with E-state index in [1.807, 2.05) is 23.1 Å². The van der Waals surface area contributed by atoms with Crippen molar-refractivity contribution in [2.45, 2.75) is 37.8 Å². The molecule has 1 saturated carbocycles. The van der Waals surface area contributed by atoms with Gasteiger partial charge in [-0.2, -0.15) is 11.3 Å². The smallest absolute Gasteiger partial charge is 0.319 e. The van der Waals surface area contributed by atoms with Crippen molar-refractivity contribution >= 4 is 29.0 Å². The fourth-order valence-electron chi connectivity index (χ4n) is 3.30. The number of anilines is 1. The van der Waals surface area contributed by atoms with Gasteiger partial charge in [-0.1, -0.05) is 6.07 Å². The highest BCUT2D eigenvalue weighted by atomic mass is 32.1. The highest BCUT2D eigenvalue weighted by Crippen LogP contribution is 2.34. The highest BCUT2D eigenvalue weighted by molar-refractivity contribution is 7.08. The minimum Gasteiger partial charge on any atom is -0.335 e. The number of nitrogens with one attached hydrogen (secondary N) is 2. The molecule has 1 atom stereocenters. The highest BCUT2D eigenvalue weighted by Gasteiger charge is 2.31. The van der Waals surface area contributed by atoms with E-state index >= 15 is 0 Å². The Balaban J connectivity index is 1.47. The molecule has 0 bridgehead atoms. The minimum absolute atomic E-state index is 0.0277. The quantitative estimate of drug-likeness (QED) is 0.870. The van der Waals surface area contributed by atoms with Crippen molar-refractivity contribution in [3.8, 4) is 0 Å². The standard InChI is InChI=1S/C19H21N3O2S/c23-18(22-9-2-5-17(22)14-8-10-25-12-14)13-3-1-4-16(11-13)21-19(24)20-15-6-7-15/h1,3-4,8,10-12,15,17H,2,5-7,9H2,(H2,20,21,24). The van der Waals surface area contributed by atoms with E-state index in [1.165, 1.54) is 5.56 Å². The molecule has 1 aliphatic carbocycles. The molecule has 1 unspecified atom stereocenters. The average molecular weight is 355 g/mol. The van der Waals surface area contributed by atoms with Gasteiger partial charge in [-0.3, -0.25) is 4.79 Å². The summed E-state index contributed by atoms with van der Waals surface area (Å²) < 4.78 is 0. The van der Waals surface area contributed by atoms with E-state index in [0.29, 0.717) is 17.3 Å². The van der Waals surface area contributed by atoms with Gasteiger partial charge in [-0.05, 0) is 66.3 Å². The van der Waals surface area contributed by atoms with Gasteiger partial charge in [0.1, 0.15) is 0 Å². The molecule has 25 heavy (non-hydrogen) atoms. The first kappa shape index (κ1) is 16.1. The van der Waals surface area contributed by atoms with E-state index in [9.17, 15) is 9.59 Å². The predicted molar refractivity (Wildman–Crippen MR) is 98.9 cm³/mol. The van der Waals surface area contributed by atoms with Gasteiger partial charge in [0, 0.05) is 23.8 Å². The molecule has 2 heterocycles. The summed E-state index contributed by atoms with van der Waals surface area (Å²) in [5, 5.41) is 9.88. The van der Waals surface area contributed by atoms with Crippen LogP contribution >= 0.6 is 11.3 Å². The minimum atomic E-state index is -0.204. The molecule has 130 valence electrons. The van der Waals surface area contributed by atoms with Crippen LogP contribution in [-0.2, 0) is 0 Å². The number of hydrogen-bond donors (Lipinski definition) is 2. The van der Waals surface area contributed by atoms with E-state index in [-0.39, 0.29) is 18.0 Å². The van der Waals surface area contributed by atoms with Gasteiger partial charge < -0.3 is 15.5 Å². The Morgan fingerprint density at radius 1 is 1.16 bits per heavy atom. The van der Waals surface area contributed by atoms with Gasteiger partial charge in [-0.25, -0.2) is 4.79 Å². The summed E-state index contributed by atoms with van der Waals surface area (Å²) in [6, 6.07) is 9.56. The van der Waals surface area contributed by atoms with Crippen LogP contribution in [0.5, 0.6) is 0 Å². The van der Waals surface area contributed by atoms with E-state index in [0.717, 1.165) is 32.2 Å². The van der Waals surface area contributed by atoms with Gasteiger partial charge >= 0.3 is 6.03 Å². The summed E-state index contributed by atoms with van der Waals surface area (Å²) in [6.45, 7) is 0.777. The zero-order valence-corrected chi connectivity index (χ0v) is 14.7. The Morgan fingerprint density at radius 2 is 2.04 bits per heavy atom. The number of likely N-dealkylation sites (tertiary alicyclic amines) is 1. The van der Waals surface area contributed by atoms with E-state index < -0.39 is 0 Å². The molecular weight excluding hydrogens is 334 g/mol. The van der Waals surface area contributed by atoms with Crippen molar-refractivity contribution in [1.82, 2.24) is 10.2 Å². The lowest BCUT2D eigenvalue weighted by atomic mass is 10.1. The second kappa shape index (κ2) is 6.88. The molecular formula is C19H21N3O2S. The lowest BCUT2D eigenvalue weighted by Gasteiger charge is -2.24. The number of rotatable bonds is 4. The van der Waals surface area contributed by atoms with E-state index in [4.69, 9.17) is 0 Å². The van der Waals surface area contributed by atoms with Crippen molar-refractivity contribution in [3.63, 3.8) is 0 Å². The maximum absolute atomic E-state index is 13.0. The van der Waals surface area contributed by atoms with Gasteiger partial charge in [0.05, 0.1) is 6.04 Å². The summed E-state index contributed by atoms with van der Waals surface area (Å²) in [5.74, 6) is 0.0277. The molecule has 6 heteroatoms. The van der Waals surface area contributed by atoms with Crippen molar-refractivity contribution in [3.05, 3.63) is 52.2 Å². The van der Waals surface area contributed by atoms with E-state index in [1.54, 1.807) is 17.4 Å².